The molecule has 0 unspecified atom stereocenters. The molecule has 21 heavy (non-hydrogen) atoms. The van der Waals surface area contributed by atoms with E-state index in [0.29, 0.717) is 0 Å². The average Bonchev–Trinajstić information content (AvgIpc) is 2.97. The van der Waals surface area contributed by atoms with Gasteiger partial charge in [0.25, 0.3) is 0 Å². The number of benzene rings is 1. The Morgan fingerprint density at radius 3 is 2.76 bits per heavy atom. The van der Waals surface area contributed by atoms with Crippen molar-refractivity contribution in [3.8, 4) is 0 Å². The van der Waals surface area contributed by atoms with Gasteiger partial charge in [0.05, 0.1) is 5.52 Å². The Bertz CT molecular complexity index is 818. The number of piperidine rings is 1. The zero-order valence-electron chi connectivity index (χ0n) is 12.0. The van der Waals surface area contributed by atoms with Gasteiger partial charge in [-0.15, -0.1) is 0 Å². The van der Waals surface area contributed by atoms with Crippen molar-refractivity contribution in [3.63, 3.8) is 0 Å². The highest BCUT2D eigenvalue weighted by atomic mass is 79.9. The predicted molar refractivity (Wildman–Crippen MR) is 89.0 cm³/mol. The molecule has 1 aliphatic heterocycles. The third-order valence-electron chi connectivity index (χ3n) is 4.16. The highest BCUT2D eigenvalue weighted by Crippen LogP contribution is 2.30. The summed E-state index contributed by atoms with van der Waals surface area (Å²) in [5, 5.41) is 1.10. The maximum Gasteiger partial charge on any atom is 0.211 e. The minimum Gasteiger partial charge on any atom is -0.342 e. The van der Waals surface area contributed by atoms with Crippen molar-refractivity contribution < 1.29 is 0 Å². The number of aromatic nitrogens is 3. The predicted octanol–water partition coefficient (Wildman–Crippen LogP) is 3.94. The van der Waals surface area contributed by atoms with E-state index in [0.717, 1.165) is 40.1 Å². The lowest BCUT2D eigenvalue weighted by Crippen LogP contribution is -2.31. The standard InChI is InChI=1S/C16H17BrN4/c1-11-9-12-14(13(17)10-11)19-16(20-6-3-2-4-7-20)21-8-5-18-15(12)21/h5,8-10H,2-4,6-7H2,1H3. The second-order valence-electron chi connectivity index (χ2n) is 5.72. The van der Waals surface area contributed by atoms with Gasteiger partial charge in [-0.05, 0) is 59.8 Å². The lowest BCUT2D eigenvalue weighted by atomic mass is 10.1. The first-order chi connectivity index (χ1) is 10.2. The molecule has 5 heteroatoms. The zero-order chi connectivity index (χ0) is 14.4. The number of anilines is 1. The first-order valence-corrected chi connectivity index (χ1v) is 8.21. The van der Waals surface area contributed by atoms with E-state index in [-0.39, 0.29) is 0 Å². The second kappa shape index (κ2) is 4.98. The van der Waals surface area contributed by atoms with Crippen LogP contribution >= 0.6 is 15.9 Å². The fourth-order valence-electron chi connectivity index (χ4n) is 3.15. The number of halogens is 1. The van der Waals surface area contributed by atoms with Crippen LogP contribution in [0.25, 0.3) is 16.6 Å². The Labute approximate surface area is 131 Å². The maximum atomic E-state index is 4.94. The van der Waals surface area contributed by atoms with Crippen LogP contribution in [0.5, 0.6) is 0 Å². The molecule has 0 spiro atoms. The molecule has 4 rings (SSSR count). The van der Waals surface area contributed by atoms with E-state index in [1.54, 1.807) is 0 Å². The van der Waals surface area contributed by atoms with Gasteiger partial charge in [-0.3, -0.25) is 4.40 Å². The van der Waals surface area contributed by atoms with E-state index in [2.05, 4.69) is 49.3 Å². The van der Waals surface area contributed by atoms with E-state index in [9.17, 15) is 0 Å². The van der Waals surface area contributed by atoms with Gasteiger partial charge in [0.1, 0.15) is 5.65 Å². The average molecular weight is 345 g/mol. The number of aryl methyl sites for hydroxylation is 1. The molecule has 108 valence electrons. The van der Waals surface area contributed by atoms with Crippen LogP contribution in [0.3, 0.4) is 0 Å². The molecule has 0 aliphatic carbocycles. The Hall–Kier alpha value is -1.62. The summed E-state index contributed by atoms with van der Waals surface area (Å²) in [7, 11) is 0. The van der Waals surface area contributed by atoms with Crippen molar-refractivity contribution in [2.75, 3.05) is 18.0 Å². The van der Waals surface area contributed by atoms with Crippen molar-refractivity contribution in [2.45, 2.75) is 26.2 Å². The van der Waals surface area contributed by atoms with E-state index in [1.807, 2.05) is 12.4 Å². The summed E-state index contributed by atoms with van der Waals surface area (Å²) in [6, 6.07) is 4.28. The van der Waals surface area contributed by atoms with Crippen molar-refractivity contribution in [1.82, 2.24) is 14.4 Å². The van der Waals surface area contributed by atoms with Gasteiger partial charge < -0.3 is 4.90 Å². The molecular formula is C16H17BrN4. The summed E-state index contributed by atoms with van der Waals surface area (Å²) in [5.74, 6) is 1.01. The Balaban J connectivity index is 2.03. The quantitative estimate of drug-likeness (QED) is 0.670. The number of nitrogens with zero attached hydrogens (tertiary/aromatic N) is 4. The summed E-state index contributed by atoms with van der Waals surface area (Å²) in [4.78, 5) is 11.9. The van der Waals surface area contributed by atoms with Crippen molar-refractivity contribution in [3.05, 3.63) is 34.6 Å². The molecule has 1 aliphatic rings. The van der Waals surface area contributed by atoms with E-state index < -0.39 is 0 Å². The first-order valence-electron chi connectivity index (χ1n) is 7.42. The summed E-state index contributed by atoms with van der Waals surface area (Å²) in [5.41, 5.74) is 3.21. The largest absolute Gasteiger partial charge is 0.342 e. The number of hydrogen-bond donors (Lipinski definition) is 0. The molecule has 2 aromatic heterocycles. The normalized spacial score (nSPS) is 16.0. The second-order valence-corrected chi connectivity index (χ2v) is 6.58. The number of rotatable bonds is 1. The molecule has 4 nitrogen and oxygen atoms in total. The molecule has 1 fully saturated rings. The SMILES string of the molecule is Cc1cc(Br)c2nc(N3CCCCC3)n3ccnc3c2c1. The van der Waals surface area contributed by atoms with Crippen LogP contribution in [0, 0.1) is 6.92 Å². The number of fused-ring (bicyclic) bond motifs is 3. The van der Waals surface area contributed by atoms with Gasteiger partial charge in [-0.25, -0.2) is 9.97 Å². The lowest BCUT2D eigenvalue weighted by Gasteiger charge is -2.28. The molecule has 0 amide bonds. The minimum atomic E-state index is 0.991. The van der Waals surface area contributed by atoms with Crippen molar-refractivity contribution >= 4 is 38.4 Å². The topological polar surface area (TPSA) is 33.4 Å². The summed E-state index contributed by atoms with van der Waals surface area (Å²) in [6.07, 6.45) is 7.68. The van der Waals surface area contributed by atoms with Gasteiger partial charge in [-0.1, -0.05) is 0 Å². The highest BCUT2D eigenvalue weighted by molar-refractivity contribution is 9.10. The van der Waals surface area contributed by atoms with Gasteiger partial charge in [-0.2, -0.15) is 0 Å². The summed E-state index contributed by atoms with van der Waals surface area (Å²) in [6.45, 7) is 4.26. The molecule has 0 atom stereocenters. The van der Waals surface area contributed by atoms with Crippen molar-refractivity contribution in [1.29, 1.82) is 0 Å². The van der Waals surface area contributed by atoms with Crippen LogP contribution in [-0.4, -0.2) is 27.5 Å². The molecule has 1 saturated heterocycles. The Morgan fingerprint density at radius 2 is 1.95 bits per heavy atom. The molecular weight excluding hydrogens is 328 g/mol. The minimum absolute atomic E-state index is 0.991. The van der Waals surface area contributed by atoms with Crippen LogP contribution in [0.1, 0.15) is 24.8 Å². The monoisotopic (exact) mass is 344 g/mol. The Morgan fingerprint density at radius 1 is 1.14 bits per heavy atom. The molecule has 0 saturated carbocycles. The first kappa shape index (κ1) is 13.1. The van der Waals surface area contributed by atoms with E-state index >= 15 is 0 Å². The lowest BCUT2D eigenvalue weighted by molar-refractivity contribution is 0.567. The van der Waals surface area contributed by atoms with Gasteiger partial charge in [0.2, 0.25) is 5.95 Å². The summed E-state index contributed by atoms with van der Waals surface area (Å²) < 4.78 is 3.17. The van der Waals surface area contributed by atoms with Gasteiger partial charge in [0, 0.05) is 35.3 Å². The molecule has 3 aromatic rings. The van der Waals surface area contributed by atoms with E-state index in [4.69, 9.17) is 4.98 Å². The Kier molecular flexibility index (Phi) is 3.10. The van der Waals surface area contributed by atoms with Gasteiger partial charge >= 0.3 is 0 Å². The van der Waals surface area contributed by atoms with Gasteiger partial charge in [0.15, 0.2) is 0 Å². The van der Waals surface area contributed by atoms with Crippen LogP contribution in [0.4, 0.5) is 5.95 Å². The fourth-order valence-corrected chi connectivity index (χ4v) is 3.82. The molecule has 1 aromatic carbocycles. The maximum absolute atomic E-state index is 4.94. The van der Waals surface area contributed by atoms with Crippen LogP contribution < -0.4 is 4.90 Å². The number of hydrogen-bond acceptors (Lipinski definition) is 3. The summed E-state index contributed by atoms with van der Waals surface area (Å²) >= 11 is 3.66. The van der Waals surface area contributed by atoms with Crippen LogP contribution in [-0.2, 0) is 0 Å². The zero-order valence-corrected chi connectivity index (χ0v) is 13.6. The highest BCUT2D eigenvalue weighted by Gasteiger charge is 2.18. The smallest absolute Gasteiger partial charge is 0.211 e. The molecule has 3 heterocycles. The van der Waals surface area contributed by atoms with Crippen molar-refractivity contribution in [2.24, 2.45) is 0 Å². The molecule has 0 bridgehead atoms. The number of imidazole rings is 1. The third-order valence-corrected chi connectivity index (χ3v) is 4.76. The van der Waals surface area contributed by atoms with E-state index in [1.165, 1.54) is 24.8 Å². The van der Waals surface area contributed by atoms with Crippen LogP contribution in [0.2, 0.25) is 0 Å². The molecule has 0 radical (unpaired) electrons. The third kappa shape index (κ3) is 2.11. The fraction of sp³-hybridized carbons (Fsp3) is 0.375. The molecule has 0 N–H and O–H groups in total. The van der Waals surface area contributed by atoms with Crippen LogP contribution in [0.15, 0.2) is 29.0 Å².